The molecule has 1 aromatic heterocycles. The molecule has 0 spiro atoms. The normalized spacial score (nSPS) is 11.4. The van der Waals surface area contributed by atoms with Crippen LogP contribution in [0, 0.1) is 6.07 Å². The maximum Gasteiger partial charge on any atom is 0.416 e. The number of anilines is 1. The van der Waals surface area contributed by atoms with Gasteiger partial charge >= 0.3 is 6.18 Å². The molecule has 0 fully saturated rings. The number of imidazole rings is 1. The Morgan fingerprint density at radius 2 is 2.21 bits per heavy atom. The Balaban J connectivity index is 2.21. The first kappa shape index (κ1) is 13.1. The van der Waals surface area contributed by atoms with Gasteiger partial charge in [0.2, 0.25) is 0 Å². The van der Waals surface area contributed by atoms with E-state index in [0.717, 1.165) is 18.2 Å². The number of carbonyl (C=O) groups is 1. The quantitative estimate of drug-likeness (QED) is 0.909. The van der Waals surface area contributed by atoms with E-state index in [2.05, 4.69) is 16.4 Å². The summed E-state index contributed by atoms with van der Waals surface area (Å²) in [5.41, 5.74) is -0.640. The Morgan fingerprint density at radius 1 is 1.47 bits per heavy atom. The van der Waals surface area contributed by atoms with Crippen molar-refractivity contribution in [2.75, 3.05) is 5.32 Å². The van der Waals surface area contributed by atoms with Crippen LogP contribution in [0.1, 0.15) is 16.1 Å². The molecule has 0 saturated heterocycles. The molecule has 0 atom stereocenters. The van der Waals surface area contributed by atoms with Crippen molar-refractivity contribution in [2.24, 2.45) is 7.05 Å². The second-order valence-electron chi connectivity index (χ2n) is 3.83. The highest BCUT2D eigenvalue weighted by Crippen LogP contribution is 2.30. The fourth-order valence-electron chi connectivity index (χ4n) is 1.48. The molecule has 2 aromatic rings. The van der Waals surface area contributed by atoms with Crippen molar-refractivity contribution in [3.63, 3.8) is 0 Å². The number of halogens is 3. The second-order valence-corrected chi connectivity index (χ2v) is 3.83. The zero-order valence-electron chi connectivity index (χ0n) is 9.82. The average molecular weight is 268 g/mol. The second kappa shape index (κ2) is 4.75. The van der Waals surface area contributed by atoms with Gasteiger partial charge in [0.05, 0.1) is 18.1 Å². The lowest BCUT2D eigenvalue weighted by atomic mass is 10.2. The maximum absolute atomic E-state index is 12.5. The molecule has 1 radical (unpaired) electrons. The van der Waals surface area contributed by atoms with Crippen molar-refractivity contribution in [3.05, 3.63) is 48.0 Å². The number of nitrogens with zero attached hydrogens (tertiary/aromatic N) is 2. The third kappa shape index (κ3) is 2.93. The third-order valence-electron chi connectivity index (χ3n) is 2.43. The van der Waals surface area contributed by atoms with Crippen molar-refractivity contribution >= 4 is 11.6 Å². The molecule has 0 saturated carbocycles. The topological polar surface area (TPSA) is 46.9 Å². The number of aromatic nitrogens is 2. The van der Waals surface area contributed by atoms with E-state index in [4.69, 9.17) is 0 Å². The highest BCUT2D eigenvalue weighted by molar-refractivity contribution is 6.02. The van der Waals surface area contributed by atoms with Crippen molar-refractivity contribution in [1.82, 2.24) is 9.55 Å². The number of benzene rings is 1. The molecule has 0 aliphatic rings. The average Bonchev–Trinajstić information content (AvgIpc) is 2.75. The van der Waals surface area contributed by atoms with Gasteiger partial charge in [0.25, 0.3) is 5.91 Å². The molecule has 4 nitrogen and oxygen atoms in total. The van der Waals surface area contributed by atoms with Crippen LogP contribution in [0.2, 0.25) is 0 Å². The fraction of sp³-hybridized carbons (Fsp3) is 0.167. The monoisotopic (exact) mass is 268 g/mol. The summed E-state index contributed by atoms with van der Waals surface area (Å²) in [6.45, 7) is 0. The zero-order valence-corrected chi connectivity index (χ0v) is 9.82. The van der Waals surface area contributed by atoms with Crippen LogP contribution in [0.4, 0.5) is 18.9 Å². The predicted molar refractivity (Wildman–Crippen MR) is 61.4 cm³/mol. The van der Waals surface area contributed by atoms with Gasteiger partial charge in [0, 0.05) is 18.8 Å². The van der Waals surface area contributed by atoms with E-state index in [-0.39, 0.29) is 11.4 Å². The Bertz CT molecular complexity index is 604. The van der Waals surface area contributed by atoms with Gasteiger partial charge in [-0.3, -0.25) is 4.79 Å². The Hall–Kier alpha value is -2.31. The molecular weight excluding hydrogens is 259 g/mol. The van der Waals surface area contributed by atoms with Gasteiger partial charge in [-0.2, -0.15) is 13.2 Å². The van der Waals surface area contributed by atoms with Gasteiger partial charge < -0.3 is 9.88 Å². The lowest BCUT2D eigenvalue weighted by molar-refractivity contribution is -0.137. The molecule has 1 aromatic carbocycles. The summed E-state index contributed by atoms with van der Waals surface area (Å²) in [5, 5.41) is 2.34. The van der Waals surface area contributed by atoms with Gasteiger partial charge in [-0.25, -0.2) is 4.98 Å². The van der Waals surface area contributed by atoms with Gasteiger partial charge in [-0.1, -0.05) is 6.07 Å². The third-order valence-corrected chi connectivity index (χ3v) is 2.43. The summed E-state index contributed by atoms with van der Waals surface area (Å²) in [7, 11) is 1.61. The summed E-state index contributed by atoms with van der Waals surface area (Å²) in [6.07, 6.45) is -1.71. The molecule has 0 aliphatic carbocycles. The summed E-state index contributed by atoms with van der Waals surface area (Å²) < 4.78 is 39.0. The van der Waals surface area contributed by atoms with E-state index >= 15 is 0 Å². The molecule has 99 valence electrons. The first-order valence-electron chi connectivity index (χ1n) is 5.24. The SMILES string of the molecule is Cn1cncc1C(=O)Nc1[c]ccc(C(F)(F)F)c1. The van der Waals surface area contributed by atoms with E-state index in [1.807, 2.05) is 0 Å². The molecular formula is C12H9F3N3O. The highest BCUT2D eigenvalue weighted by Gasteiger charge is 2.30. The predicted octanol–water partition coefficient (Wildman–Crippen LogP) is 2.49. The number of hydrogen-bond donors (Lipinski definition) is 1. The first-order valence-corrected chi connectivity index (χ1v) is 5.24. The van der Waals surface area contributed by atoms with E-state index < -0.39 is 17.6 Å². The number of nitrogens with one attached hydrogen (secondary N) is 1. The van der Waals surface area contributed by atoms with Gasteiger partial charge in [0.15, 0.2) is 0 Å². The van der Waals surface area contributed by atoms with Gasteiger partial charge in [0.1, 0.15) is 5.69 Å². The van der Waals surface area contributed by atoms with Gasteiger partial charge in [-0.05, 0) is 12.1 Å². The lowest BCUT2D eigenvalue weighted by Crippen LogP contribution is -2.16. The lowest BCUT2D eigenvalue weighted by Gasteiger charge is -2.09. The summed E-state index contributed by atoms with van der Waals surface area (Å²) in [6, 6.07) is 5.36. The molecule has 7 heteroatoms. The maximum atomic E-state index is 12.5. The number of hydrogen-bond acceptors (Lipinski definition) is 2. The minimum Gasteiger partial charge on any atom is -0.330 e. The van der Waals surface area contributed by atoms with Crippen LogP contribution >= 0.6 is 0 Å². The molecule has 2 rings (SSSR count). The molecule has 1 amide bonds. The van der Waals surface area contributed by atoms with Crippen LogP contribution in [-0.2, 0) is 13.2 Å². The van der Waals surface area contributed by atoms with Crippen LogP contribution in [0.15, 0.2) is 30.7 Å². The number of aryl methyl sites for hydroxylation is 1. The minimum absolute atomic E-state index is 0.0407. The number of rotatable bonds is 2. The van der Waals surface area contributed by atoms with Crippen LogP contribution in [-0.4, -0.2) is 15.5 Å². The van der Waals surface area contributed by atoms with Gasteiger partial charge in [-0.15, -0.1) is 0 Å². The van der Waals surface area contributed by atoms with Crippen LogP contribution < -0.4 is 5.32 Å². The van der Waals surface area contributed by atoms with E-state index in [0.29, 0.717) is 0 Å². The summed E-state index contributed by atoms with van der Waals surface area (Å²) in [4.78, 5) is 15.5. The molecule has 0 bridgehead atoms. The van der Waals surface area contributed by atoms with E-state index in [9.17, 15) is 18.0 Å². The fourth-order valence-corrected chi connectivity index (χ4v) is 1.48. The summed E-state index contributed by atoms with van der Waals surface area (Å²) in [5.74, 6) is -0.546. The molecule has 1 heterocycles. The van der Waals surface area contributed by atoms with Crippen molar-refractivity contribution in [2.45, 2.75) is 6.18 Å². The largest absolute Gasteiger partial charge is 0.416 e. The van der Waals surface area contributed by atoms with Crippen molar-refractivity contribution in [3.8, 4) is 0 Å². The van der Waals surface area contributed by atoms with Crippen LogP contribution in [0.25, 0.3) is 0 Å². The minimum atomic E-state index is -4.46. The zero-order chi connectivity index (χ0) is 14.0. The van der Waals surface area contributed by atoms with E-state index in [1.165, 1.54) is 17.1 Å². The Labute approximate surface area is 106 Å². The van der Waals surface area contributed by atoms with Crippen molar-refractivity contribution < 1.29 is 18.0 Å². The molecule has 0 aliphatic heterocycles. The van der Waals surface area contributed by atoms with Crippen molar-refractivity contribution in [1.29, 1.82) is 0 Å². The number of carbonyl (C=O) groups excluding carboxylic acids is 1. The van der Waals surface area contributed by atoms with E-state index in [1.54, 1.807) is 7.05 Å². The summed E-state index contributed by atoms with van der Waals surface area (Å²) >= 11 is 0. The molecule has 19 heavy (non-hydrogen) atoms. The smallest absolute Gasteiger partial charge is 0.330 e. The number of amides is 1. The highest BCUT2D eigenvalue weighted by atomic mass is 19.4. The molecule has 0 unspecified atom stereocenters. The molecule has 1 N–H and O–H groups in total. The van der Waals surface area contributed by atoms with Crippen LogP contribution in [0.3, 0.4) is 0 Å². The van der Waals surface area contributed by atoms with Crippen LogP contribution in [0.5, 0.6) is 0 Å². The Kier molecular flexibility index (Phi) is 3.28. The standard InChI is InChI=1S/C12H9F3N3O/c1-18-7-16-6-10(18)11(19)17-9-4-2-3-8(5-9)12(13,14)15/h2-3,5-7H,1H3,(H,17,19). The first-order chi connectivity index (χ1) is 8.88. The Morgan fingerprint density at radius 3 is 2.79 bits per heavy atom. The number of alkyl halides is 3.